The first-order valence-electron chi connectivity index (χ1n) is 7.96. The van der Waals surface area contributed by atoms with Crippen LogP contribution < -0.4 is 0 Å². The maximum absolute atomic E-state index is 10.6. The molecule has 0 radical (unpaired) electrons. The van der Waals surface area contributed by atoms with E-state index < -0.39 is 0 Å². The summed E-state index contributed by atoms with van der Waals surface area (Å²) in [5.41, 5.74) is 6.52. The van der Waals surface area contributed by atoms with Crippen molar-refractivity contribution in [3.63, 3.8) is 0 Å². The molecule has 0 N–H and O–H groups in total. The normalized spacial score (nSPS) is 14.5. The molecule has 1 atom stereocenters. The van der Waals surface area contributed by atoms with Crippen LogP contribution in [0, 0.1) is 4.91 Å². The Hall–Kier alpha value is -2.49. The number of allylic oxidation sites excluding steroid dienone is 1. The Labute approximate surface area is 136 Å². The zero-order chi connectivity index (χ0) is 16.2. The lowest BCUT2D eigenvalue weighted by Gasteiger charge is -2.17. The molecule has 0 bridgehead atoms. The number of hydrogen-bond donors (Lipinski definition) is 0. The van der Waals surface area contributed by atoms with Gasteiger partial charge in [-0.15, -0.1) is 4.91 Å². The number of aromatic nitrogens is 1. The molecule has 0 saturated carbocycles. The second-order valence-electron chi connectivity index (χ2n) is 6.04. The average molecular weight is 307 g/mol. The van der Waals surface area contributed by atoms with E-state index in [1.165, 1.54) is 27.3 Å². The maximum Gasteiger partial charge on any atom is 0.0521 e. The lowest BCUT2D eigenvalue weighted by Crippen LogP contribution is -2.12. The van der Waals surface area contributed by atoms with Gasteiger partial charge in [0, 0.05) is 31.4 Å². The van der Waals surface area contributed by atoms with Gasteiger partial charge in [0.15, 0.2) is 0 Å². The largest absolute Gasteiger partial charge is 0.264 e. The van der Waals surface area contributed by atoms with E-state index in [1.807, 2.05) is 18.3 Å². The van der Waals surface area contributed by atoms with Crippen LogP contribution in [-0.2, 0) is 6.42 Å². The fourth-order valence-electron chi connectivity index (χ4n) is 3.33. The number of benzene rings is 1. The van der Waals surface area contributed by atoms with Crippen molar-refractivity contribution in [2.75, 3.05) is 13.6 Å². The van der Waals surface area contributed by atoms with Gasteiger partial charge in [0.05, 0.1) is 5.29 Å². The molecule has 0 spiro atoms. The van der Waals surface area contributed by atoms with Crippen LogP contribution in [0.3, 0.4) is 0 Å². The summed E-state index contributed by atoms with van der Waals surface area (Å²) < 4.78 is 0. The molecule has 1 aliphatic rings. The van der Waals surface area contributed by atoms with Crippen molar-refractivity contribution in [1.29, 1.82) is 0 Å². The molecule has 1 aliphatic carbocycles. The molecule has 1 unspecified atom stereocenters. The third-order valence-electron chi connectivity index (χ3n) is 4.53. The van der Waals surface area contributed by atoms with E-state index in [-0.39, 0.29) is 5.92 Å². The number of pyridine rings is 1. The van der Waals surface area contributed by atoms with Crippen molar-refractivity contribution in [2.45, 2.75) is 25.7 Å². The highest BCUT2D eigenvalue weighted by Crippen LogP contribution is 2.42. The first-order chi connectivity index (χ1) is 11.2. The molecule has 1 aromatic carbocycles. The number of fused-ring (bicyclic) bond motifs is 1. The van der Waals surface area contributed by atoms with Crippen LogP contribution in [-0.4, -0.2) is 23.6 Å². The molecular weight excluding hydrogens is 286 g/mol. The van der Waals surface area contributed by atoms with Crippen LogP contribution in [0.4, 0.5) is 0 Å². The highest BCUT2D eigenvalue weighted by atomic mass is 16.3. The van der Waals surface area contributed by atoms with Gasteiger partial charge in [-0.3, -0.25) is 9.99 Å². The summed E-state index contributed by atoms with van der Waals surface area (Å²) in [5, 5.41) is 4.43. The van der Waals surface area contributed by atoms with Crippen molar-refractivity contribution in [2.24, 2.45) is 5.29 Å². The van der Waals surface area contributed by atoms with E-state index in [0.717, 1.165) is 18.5 Å². The molecular formula is C19H21N3O. The monoisotopic (exact) mass is 307 g/mol. The zero-order valence-corrected chi connectivity index (χ0v) is 13.6. The molecule has 0 fully saturated rings. The average Bonchev–Trinajstić information content (AvgIpc) is 2.98. The summed E-state index contributed by atoms with van der Waals surface area (Å²) in [6.45, 7) is 2.85. The minimum Gasteiger partial charge on any atom is -0.264 e. The Morgan fingerprint density at radius 1 is 1.22 bits per heavy atom. The highest BCUT2D eigenvalue weighted by molar-refractivity contribution is 5.80. The Bertz CT molecular complexity index is 724. The van der Waals surface area contributed by atoms with Crippen molar-refractivity contribution in [3.05, 3.63) is 76.0 Å². The van der Waals surface area contributed by atoms with Gasteiger partial charge in [-0.25, -0.2) is 0 Å². The van der Waals surface area contributed by atoms with Gasteiger partial charge in [0.1, 0.15) is 0 Å². The summed E-state index contributed by atoms with van der Waals surface area (Å²) in [4.78, 5) is 15.1. The third-order valence-corrected chi connectivity index (χ3v) is 4.53. The molecule has 4 heteroatoms. The first kappa shape index (κ1) is 15.4. The standard InChI is InChI=1S/C19H21N3O/c1-14(18-9-5-6-11-20-18)19-16(10-12-22(2)21-23)13-15-7-3-4-8-17(15)19/h3-9,11,14H,10,12-13H2,1-2H3. The van der Waals surface area contributed by atoms with Crippen LogP contribution >= 0.6 is 0 Å². The van der Waals surface area contributed by atoms with Crippen molar-refractivity contribution in [3.8, 4) is 0 Å². The molecule has 1 heterocycles. The summed E-state index contributed by atoms with van der Waals surface area (Å²) in [5.74, 6) is 0.240. The number of nitrogens with zero attached hydrogens (tertiary/aromatic N) is 3. The number of hydrogen-bond acceptors (Lipinski definition) is 3. The van der Waals surface area contributed by atoms with Gasteiger partial charge in [-0.1, -0.05) is 42.8 Å². The van der Waals surface area contributed by atoms with Crippen LogP contribution in [0.2, 0.25) is 0 Å². The summed E-state index contributed by atoms with van der Waals surface area (Å²) in [6, 6.07) is 14.6. The fraction of sp³-hybridized carbons (Fsp3) is 0.316. The van der Waals surface area contributed by atoms with Crippen LogP contribution in [0.5, 0.6) is 0 Å². The van der Waals surface area contributed by atoms with Crippen molar-refractivity contribution < 1.29 is 0 Å². The molecule has 0 aliphatic heterocycles. The van der Waals surface area contributed by atoms with Crippen LogP contribution in [0.1, 0.15) is 36.1 Å². The number of nitroso groups, excluding NO2 is 1. The molecule has 1 aromatic heterocycles. The summed E-state index contributed by atoms with van der Waals surface area (Å²) in [7, 11) is 1.72. The zero-order valence-electron chi connectivity index (χ0n) is 13.6. The minimum absolute atomic E-state index is 0.240. The Morgan fingerprint density at radius 3 is 2.74 bits per heavy atom. The van der Waals surface area contributed by atoms with E-state index in [0.29, 0.717) is 6.54 Å². The molecule has 3 rings (SSSR count). The Balaban J connectivity index is 1.96. The topological polar surface area (TPSA) is 45.6 Å². The summed E-state index contributed by atoms with van der Waals surface area (Å²) in [6.07, 6.45) is 3.65. The Kier molecular flexibility index (Phi) is 4.51. The van der Waals surface area contributed by atoms with Gasteiger partial charge in [0.25, 0.3) is 0 Å². The Morgan fingerprint density at radius 2 is 2.00 bits per heavy atom. The first-order valence-corrected chi connectivity index (χ1v) is 7.96. The van der Waals surface area contributed by atoms with Crippen molar-refractivity contribution >= 4 is 5.57 Å². The second-order valence-corrected chi connectivity index (χ2v) is 6.04. The van der Waals surface area contributed by atoms with Gasteiger partial charge < -0.3 is 0 Å². The molecule has 4 nitrogen and oxygen atoms in total. The second kappa shape index (κ2) is 6.73. The predicted octanol–water partition coefficient (Wildman–Crippen LogP) is 4.20. The van der Waals surface area contributed by atoms with Gasteiger partial charge >= 0.3 is 0 Å². The SMILES string of the molecule is CC(C1=C(CCN(C)N=O)Cc2ccccc21)c1ccccn1. The van der Waals surface area contributed by atoms with E-state index in [1.54, 1.807) is 7.05 Å². The minimum atomic E-state index is 0.240. The molecule has 118 valence electrons. The summed E-state index contributed by atoms with van der Waals surface area (Å²) >= 11 is 0. The van der Waals surface area contributed by atoms with Crippen LogP contribution in [0.25, 0.3) is 5.57 Å². The van der Waals surface area contributed by atoms with Crippen molar-refractivity contribution in [1.82, 2.24) is 9.99 Å². The number of rotatable bonds is 6. The quantitative estimate of drug-likeness (QED) is 0.593. The highest BCUT2D eigenvalue weighted by Gasteiger charge is 2.26. The predicted molar refractivity (Wildman–Crippen MR) is 92.8 cm³/mol. The van der Waals surface area contributed by atoms with Crippen LogP contribution in [0.15, 0.2) is 59.5 Å². The van der Waals surface area contributed by atoms with Gasteiger partial charge in [0.2, 0.25) is 0 Å². The van der Waals surface area contributed by atoms with Gasteiger partial charge in [-0.2, -0.15) is 0 Å². The molecule has 2 aromatic rings. The third kappa shape index (κ3) is 3.16. The lowest BCUT2D eigenvalue weighted by molar-refractivity contribution is 0.353. The smallest absolute Gasteiger partial charge is 0.0521 e. The molecule has 23 heavy (non-hydrogen) atoms. The van der Waals surface area contributed by atoms with E-state index in [4.69, 9.17) is 0 Å². The van der Waals surface area contributed by atoms with E-state index in [2.05, 4.69) is 47.5 Å². The van der Waals surface area contributed by atoms with Gasteiger partial charge in [-0.05, 0) is 41.7 Å². The molecule has 0 amide bonds. The molecule has 0 saturated heterocycles. The lowest BCUT2D eigenvalue weighted by atomic mass is 9.90. The fourth-order valence-corrected chi connectivity index (χ4v) is 3.33. The van der Waals surface area contributed by atoms with E-state index in [9.17, 15) is 4.91 Å². The maximum atomic E-state index is 10.6. The van der Waals surface area contributed by atoms with E-state index >= 15 is 0 Å².